The molecule has 9 heteroatoms. The lowest BCUT2D eigenvalue weighted by molar-refractivity contribution is 0.0985. The van der Waals surface area contributed by atoms with Gasteiger partial charge in [-0.3, -0.25) is 14.7 Å². The summed E-state index contributed by atoms with van der Waals surface area (Å²) in [7, 11) is -3.51. The molecule has 0 atom stereocenters. The van der Waals surface area contributed by atoms with Gasteiger partial charge in [-0.25, -0.2) is 13.4 Å². The third-order valence-corrected chi connectivity index (χ3v) is 8.60. The van der Waals surface area contributed by atoms with Crippen LogP contribution < -0.4 is 4.90 Å². The summed E-state index contributed by atoms with van der Waals surface area (Å²) < 4.78 is 27.1. The highest BCUT2D eigenvalue weighted by molar-refractivity contribution is 9.10. The number of thiazole rings is 1. The van der Waals surface area contributed by atoms with Gasteiger partial charge in [0.1, 0.15) is 0 Å². The second kappa shape index (κ2) is 9.09. The quantitative estimate of drug-likeness (QED) is 0.330. The molecule has 2 aromatic carbocycles. The second-order valence-corrected chi connectivity index (χ2v) is 11.9. The first kappa shape index (κ1) is 22.6. The van der Waals surface area contributed by atoms with Gasteiger partial charge in [0, 0.05) is 22.4 Å². The Hall–Kier alpha value is -2.62. The van der Waals surface area contributed by atoms with Crippen molar-refractivity contribution in [3.05, 3.63) is 82.6 Å². The van der Waals surface area contributed by atoms with E-state index in [9.17, 15) is 13.2 Å². The predicted molar refractivity (Wildman–Crippen MR) is 131 cm³/mol. The molecule has 0 bridgehead atoms. The van der Waals surface area contributed by atoms with E-state index in [0.717, 1.165) is 20.3 Å². The van der Waals surface area contributed by atoms with E-state index in [2.05, 4.69) is 25.9 Å². The summed E-state index contributed by atoms with van der Waals surface area (Å²) in [4.78, 5) is 24.1. The summed E-state index contributed by atoms with van der Waals surface area (Å²) in [6.45, 7) is 3.50. The van der Waals surface area contributed by atoms with E-state index < -0.39 is 15.1 Å². The molecule has 0 aliphatic heterocycles. The molecule has 0 saturated carbocycles. The summed E-state index contributed by atoms with van der Waals surface area (Å²) in [5.41, 5.74) is 1.91. The number of benzene rings is 2. The van der Waals surface area contributed by atoms with Gasteiger partial charge >= 0.3 is 0 Å². The molecule has 0 N–H and O–H groups in total. The molecule has 0 fully saturated rings. The van der Waals surface area contributed by atoms with E-state index in [1.165, 1.54) is 23.5 Å². The lowest BCUT2D eigenvalue weighted by atomic mass is 10.2. The number of amides is 1. The van der Waals surface area contributed by atoms with Crippen LogP contribution in [0.3, 0.4) is 0 Å². The lowest BCUT2D eigenvalue weighted by Gasteiger charge is -2.20. The number of hydrogen-bond donors (Lipinski definition) is 0. The largest absolute Gasteiger partial charge is 0.279 e. The third kappa shape index (κ3) is 4.60. The molecule has 4 rings (SSSR count). The normalized spacial score (nSPS) is 11.8. The van der Waals surface area contributed by atoms with Crippen LogP contribution in [0.5, 0.6) is 0 Å². The molecule has 32 heavy (non-hydrogen) atoms. The van der Waals surface area contributed by atoms with Crippen LogP contribution in [-0.2, 0) is 16.4 Å². The Labute approximate surface area is 199 Å². The van der Waals surface area contributed by atoms with Gasteiger partial charge < -0.3 is 0 Å². The molecule has 2 aromatic heterocycles. The Morgan fingerprint density at radius 3 is 2.66 bits per heavy atom. The first-order chi connectivity index (χ1) is 15.3. The maximum Gasteiger partial charge on any atom is 0.260 e. The van der Waals surface area contributed by atoms with Crippen LogP contribution in [0.15, 0.2) is 76.4 Å². The molecule has 0 spiro atoms. The third-order valence-electron chi connectivity index (χ3n) is 4.91. The number of nitrogens with zero attached hydrogens (tertiary/aromatic N) is 3. The first-order valence-corrected chi connectivity index (χ1v) is 13.0. The fourth-order valence-electron chi connectivity index (χ4n) is 3.14. The number of halogens is 1. The molecular weight excluding hydrogens is 510 g/mol. The Morgan fingerprint density at radius 1 is 1.12 bits per heavy atom. The predicted octanol–water partition coefficient (Wildman–Crippen LogP) is 5.48. The zero-order valence-corrected chi connectivity index (χ0v) is 20.6. The van der Waals surface area contributed by atoms with E-state index in [-0.39, 0.29) is 22.9 Å². The van der Waals surface area contributed by atoms with Crippen molar-refractivity contribution in [2.24, 2.45) is 0 Å². The average molecular weight is 530 g/mol. The van der Waals surface area contributed by atoms with Gasteiger partial charge in [0.2, 0.25) is 0 Å². The first-order valence-electron chi connectivity index (χ1n) is 9.86. The summed E-state index contributed by atoms with van der Waals surface area (Å²) in [5, 5.41) is -0.0499. The Kier molecular flexibility index (Phi) is 6.41. The van der Waals surface area contributed by atoms with Crippen LogP contribution >= 0.6 is 27.3 Å². The number of carbonyl (C=O) groups excluding carboxylic acids is 1. The van der Waals surface area contributed by atoms with E-state index in [1.807, 2.05) is 30.3 Å². The Balaban J connectivity index is 1.78. The van der Waals surface area contributed by atoms with Gasteiger partial charge in [0.25, 0.3) is 5.91 Å². The second-order valence-electron chi connectivity index (χ2n) is 7.48. The molecule has 0 aliphatic rings. The maximum atomic E-state index is 13.6. The van der Waals surface area contributed by atoms with Crippen molar-refractivity contribution in [3.63, 3.8) is 0 Å². The fraction of sp³-hybridized carbons (Fsp3) is 0.174. The number of carbonyl (C=O) groups is 1. The molecular formula is C23H20BrN3O3S2. The topological polar surface area (TPSA) is 80.2 Å². The smallest absolute Gasteiger partial charge is 0.260 e. The van der Waals surface area contributed by atoms with Crippen LogP contribution in [0, 0.1) is 0 Å². The van der Waals surface area contributed by atoms with Crippen LogP contribution in [0.1, 0.15) is 29.8 Å². The maximum absolute atomic E-state index is 13.6. The van der Waals surface area contributed by atoms with Crippen molar-refractivity contribution >= 4 is 58.4 Å². The molecule has 6 nitrogen and oxygen atoms in total. The number of aromatic nitrogens is 2. The fourth-order valence-corrected chi connectivity index (χ4v) is 5.76. The minimum absolute atomic E-state index is 0.132. The lowest BCUT2D eigenvalue weighted by Crippen LogP contribution is -2.30. The van der Waals surface area contributed by atoms with Gasteiger partial charge in [-0.05, 0) is 61.9 Å². The highest BCUT2D eigenvalue weighted by Gasteiger charge is 2.25. The van der Waals surface area contributed by atoms with Crippen molar-refractivity contribution in [1.29, 1.82) is 0 Å². The van der Waals surface area contributed by atoms with Gasteiger partial charge in [-0.15, -0.1) is 0 Å². The van der Waals surface area contributed by atoms with Gasteiger partial charge in [0.05, 0.1) is 26.9 Å². The monoisotopic (exact) mass is 529 g/mol. The summed E-state index contributed by atoms with van der Waals surface area (Å²) in [6.07, 6.45) is 3.37. The Morgan fingerprint density at radius 2 is 1.94 bits per heavy atom. The summed E-state index contributed by atoms with van der Waals surface area (Å²) in [5.74, 6) is -0.326. The van der Waals surface area contributed by atoms with Gasteiger partial charge in [0.15, 0.2) is 15.0 Å². The van der Waals surface area contributed by atoms with Gasteiger partial charge in [-0.2, -0.15) is 0 Å². The van der Waals surface area contributed by atoms with Crippen molar-refractivity contribution < 1.29 is 13.2 Å². The minimum atomic E-state index is -3.51. The number of sulfone groups is 1. The van der Waals surface area contributed by atoms with Crippen LogP contribution in [0.2, 0.25) is 0 Å². The number of pyridine rings is 1. The molecule has 2 heterocycles. The van der Waals surface area contributed by atoms with Crippen LogP contribution in [-0.4, -0.2) is 29.5 Å². The van der Waals surface area contributed by atoms with Crippen molar-refractivity contribution in [2.75, 3.05) is 4.90 Å². The molecule has 164 valence electrons. The molecule has 1 amide bonds. The number of fused-ring (bicyclic) bond motifs is 1. The zero-order chi connectivity index (χ0) is 22.9. The molecule has 0 unspecified atom stereocenters. The number of anilines is 1. The Bertz CT molecular complexity index is 1390. The standard InChI is InChI=1S/C23H20BrN3O3S2/c1-15(2)32(29,30)19-7-3-6-17(11-19)22(28)27(14-16-5-4-10-25-13-16)23-26-20-9-8-18(24)12-21(20)31-23/h3-13,15H,14H2,1-2H3. The number of hydrogen-bond acceptors (Lipinski definition) is 6. The molecule has 0 aliphatic carbocycles. The van der Waals surface area contributed by atoms with E-state index >= 15 is 0 Å². The van der Waals surface area contributed by atoms with Crippen LogP contribution in [0.25, 0.3) is 10.2 Å². The van der Waals surface area contributed by atoms with Crippen LogP contribution in [0.4, 0.5) is 5.13 Å². The highest BCUT2D eigenvalue weighted by atomic mass is 79.9. The van der Waals surface area contributed by atoms with Gasteiger partial charge in [-0.1, -0.05) is 39.4 Å². The summed E-state index contributed by atoms with van der Waals surface area (Å²) in [6, 6.07) is 15.6. The van der Waals surface area contributed by atoms with E-state index in [4.69, 9.17) is 0 Å². The van der Waals surface area contributed by atoms with E-state index in [1.54, 1.807) is 43.3 Å². The zero-order valence-electron chi connectivity index (χ0n) is 17.4. The summed E-state index contributed by atoms with van der Waals surface area (Å²) >= 11 is 4.87. The SMILES string of the molecule is CC(C)S(=O)(=O)c1cccc(C(=O)N(Cc2cccnc2)c2nc3ccc(Br)cc3s2)c1. The number of rotatable bonds is 6. The average Bonchev–Trinajstić information content (AvgIpc) is 3.20. The minimum Gasteiger partial charge on any atom is -0.279 e. The van der Waals surface area contributed by atoms with Crippen molar-refractivity contribution in [1.82, 2.24) is 9.97 Å². The van der Waals surface area contributed by atoms with Crippen molar-refractivity contribution in [2.45, 2.75) is 30.5 Å². The molecule has 0 saturated heterocycles. The molecule has 4 aromatic rings. The molecule has 0 radical (unpaired) electrons. The van der Waals surface area contributed by atoms with Crippen molar-refractivity contribution in [3.8, 4) is 0 Å². The highest BCUT2D eigenvalue weighted by Crippen LogP contribution is 2.32. The van der Waals surface area contributed by atoms with E-state index in [0.29, 0.717) is 5.13 Å².